The van der Waals surface area contributed by atoms with E-state index in [0.29, 0.717) is 5.41 Å². The summed E-state index contributed by atoms with van der Waals surface area (Å²) in [5.41, 5.74) is 1.63. The van der Waals surface area contributed by atoms with Gasteiger partial charge in [0.05, 0.1) is 0 Å². The van der Waals surface area contributed by atoms with Crippen molar-refractivity contribution < 1.29 is 0 Å². The molecule has 0 saturated heterocycles. The summed E-state index contributed by atoms with van der Waals surface area (Å²) in [5.74, 6) is 0. The number of halogens is 1. The van der Waals surface area contributed by atoms with Gasteiger partial charge in [-0.2, -0.15) is 0 Å². The second-order valence-electron chi connectivity index (χ2n) is 5.63. The second-order valence-corrected chi connectivity index (χ2v) is 6.06. The summed E-state index contributed by atoms with van der Waals surface area (Å²) in [5, 5.41) is 4.44. The highest BCUT2D eigenvalue weighted by atomic mass is 35.5. The molecular formula is C14H20ClN. The van der Waals surface area contributed by atoms with E-state index >= 15 is 0 Å². The first-order chi connectivity index (χ1) is 7.55. The molecule has 0 radical (unpaired) electrons. The van der Waals surface area contributed by atoms with Gasteiger partial charge in [-0.25, -0.2) is 0 Å². The fourth-order valence-corrected chi connectivity index (χ4v) is 2.18. The molecule has 1 aliphatic rings. The van der Waals surface area contributed by atoms with Crippen molar-refractivity contribution in [3.63, 3.8) is 0 Å². The van der Waals surface area contributed by atoms with Crippen LogP contribution >= 0.6 is 11.6 Å². The zero-order valence-corrected chi connectivity index (χ0v) is 10.8. The van der Waals surface area contributed by atoms with Crippen molar-refractivity contribution in [2.75, 3.05) is 6.54 Å². The van der Waals surface area contributed by atoms with E-state index in [2.05, 4.69) is 31.3 Å². The van der Waals surface area contributed by atoms with Gasteiger partial charge in [0.15, 0.2) is 0 Å². The normalized spacial score (nSPS) is 16.4. The van der Waals surface area contributed by atoms with Gasteiger partial charge in [0, 0.05) is 17.6 Å². The first-order valence-corrected chi connectivity index (χ1v) is 6.41. The SMILES string of the molecule is CC(C)(CNC1CC1)Cc1cccc(Cl)c1. The Morgan fingerprint density at radius 2 is 2.12 bits per heavy atom. The van der Waals surface area contributed by atoms with E-state index in [1.165, 1.54) is 18.4 Å². The molecule has 1 N–H and O–H groups in total. The molecule has 1 aromatic rings. The molecule has 1 nitrogen and oxygen atoms in total. The van der Waals surface area contributed by atoms with Gasteiger partial charge in [-0.1, -0.05) is 37.6 Å². The van der Waals surface area contributed by atoms with E-state index in [-0.39, 0.29) is 0 Å². The van der Waals surface area contributed by atoms with Gasteiger partial charge in [0.1, 0.15) is 0 Å². The Labute approximate surface area is 103 Å². The van der Waals surface area contributed by atoms with Crippen LogP contribution in [0, 0.1) is 5.41 Å². The first kappa shape index (κ1) is 11.9. The Balaban J connectivity index is 1.90. The number of rotatable bonds is 5. The van der Waals surface area contributed by atoms with Crippen molar-refractivity contribution in [2.24, 2.45) is 5.41 Å². The highest BCUT2D eigenvalue weighted by molar-refractivity contribution is 6.30. The first-order valence-electron chi connectivity index (χ1n) is 6.03. The van der Waals surface area contributed by atoms with E-state index in [9.17, 15) is 0 Å². The van der Waals surface area contributed by atoms with E-state index in [4.69, 9.17) is 11.6 Å². The van der Waals surface area contributed by atoms with Crippen molar-refractivity contribution in [1.29, 1.82) is 0 Å². The molecule has 0 spiro atoms. The van der Waals surface area contributed by atoms with Crippen LogP contribution in [0.25, 0.3) is 0 Å². The molecule has 0 heterocycles. The molecule has 16 heavy (non-hydrogen) atoms. The Morgan fingerprint density at radius 1 is 1.38 bits per heavy atom. The van der Waals surface area contributed by atoms with E-state index in [1.54, 1.807) is 0 Å². The lowest BCUT2D eigenvalue weighted by atomic mass is 9.85. The second kappa shape index (κ2) is 4.77. The van der Waals surface area contributed by atoms with Gasteiger partial charge >= 0.3 is 0 Å². The summed E-state index contributed by atoms with van der Waals surface area (Å²) in [4.78, 5) is 0. The van der Waals surface area contributed by atoms with Crippen molar-refractivity contribution >= 4 is 11.6 Å². The summed E-state index contributed by atoms with van der Waals surface area (Å²) < 4.78 is 0. The van der Waals surface area contributed by atoms with Gasteiger partial charge in [-0.15, -0.1) is 0 Å². The maximum Gasteiger partial charge on any atom is 0.0408 e. The van der Waals surface area contributed by atoms with Gasteiger partial charge in [0.25, 0.3) is 0 Å². The van der Waals surface area contributed by atoms with E-state index < -0.39 is 0 Å². The van der Waals surface area contributed by atoms with Crippen LogP contribution in [0.5, 0.6) is 0 Å². The molecule has 0 amide bonds. The Hall–Kier alpha value is -0.530. The fourth-order valence-electron chi connectivity index (χ4n) is 1.97. The van der Waals surface area contributed by atoms with Crippen LogP contribution in [0.3, 0.4) is 0 Å². The number of nitrogens with one attached hydrogen (secondary N) is 1. The molecule has 0 aliphatic heterocycles. The molecule has 2 heteroatoms. The number of hydrogen-bond acceptors (Lipinski definition) is 1. The summed E-state index contributed by atoms with van der Waals surface area (Å²) >= 11 is 6.00. The summed E-state index contributed by atoms with van der Waals surface area (Å²) in [7, 11) is 0. The van der Waals surface area contributed by atoms with Crippen LogP contribution in [-0.2, 0) is 6.42 Å². The third kappa shape index (κ3) is 3.80. The lowest BCUT2D eigenvalue weighted by molar-refractivity contribution is 0.337. The molecule has 0 unspecified atom stereocenters. The van der Waals surface area contributed by atoms with Crippen molar-refractivity contribution in [1.82, 2.24) is 5.32 Å². The summed E-state index contributed by atoms with van der Waals surface area (Å²) in [6.45, 7) is 5.71. The quantitative estimate of drug-likeness (QED) is 0.824. The van der Waals surface area contributed by atoms with E-state index in [1.807, 2.05) is 12.1 Å². The average molecular weight is 238 g/mol. The maximum atomic E-state index is 6.00. The summed E-state index contributed by atoms with van der Waals surface area (Å²) in [6.07, 6.45) is 3.79. The van der Waals surface area contributed by atoms with Gasteiger partial charge in [-0.05, 0) is 42.4 Å². The van der Waals surface area contributed by atoms with Crippen LogP contribution < -0.4 is 5.32 Å². The lowest BCUT2D eigenvalue weighted by Crippen LogP contribution is -2.32. The van der Waals surface area contributed by atoms with Crippen LogP contribution in [0.1, 0.15) is 32.3 Å². The van der Waals surface area contributed by atoms with Crippen molar-refractivity contribution in [3.05, 3.63) is 34.9 Å². The third-order valence-corrected chi connectivity index (χ3v) is 3.25. The minimum atomic E-state index is 0.299. The highest BCUT2D eigenvalue weighted by Crippen LogP contribution is 2.25. The molecular weight excluding hydrogens is 218 g/mol. The summed E-state index contributed by atoms with van der Waals surface area (Å²) in [6, 6.07) is 8.98. The van der Waals surface area contributed by atoms with Crippen LogP contribution in [-0.4, -0.2) is 12.6 Å². The van der Waals surface area contributed by atoms with Crippen LogP contribution in [0.4, 0.5) is 0 Å². The van der Waals surface area contributed by atoms with Gasteiger partial charge in [0.2, 0.25) is 0 Å². The predicted molar refractivity (Wildman–Crippen MR) is 70.0 cm³/mol. The maximum absolute atomic E-state index is 6.00. The van der Waals surface area contributed by atoms with Crippen molar-refractivity contribution in [3.8, 4) is 0 Å². The van der Waals surface area contributed by atoms with Gasteiger partial charge in [-0.3, -0.25) is 0 Å². The molecule has 0 aromatic heterocycles. The van der Waals surface area contributed by atoms with Crippen LogP contribution in [0.2, 0.25) is 5.02 Å². The smallest absolute Gasteiger partial charge is 0.0408 e. The largest absolute Gasteiger partial charge is 0.313 e. The lowest BCUT2D eigenvalue weighted by Gasteiger charge is -2.25. The fraction of sp³-hybridized carbons (Fsp3) is 0.571. The van der Waals surface area contributed by atoms with Gasteiger partial charge < -0.3 is 5.32 Å². The van der Waals surface area contributed by atoms with E-state index in [0.717, 1.165) is 24.0 Å². The molecule has 88 valence electrons. The molecule has 0 bridgehead atoms. The molecule has 1 saturated carbocycles. The van der Waals surface area contributed by atoms with Crippen LogP contribution in [0.15, 0.2) is 24.3 Å². The Bertz CT molecular complexity index is 356. The number of benzene rings is 1. The highest BCUT2D eigenvalue weighted by Gasteiger charge is 2.25. The molecule has 1 aliphatic carbocycles. The zero-order valence-electron chi connectivity index (χ0n) is 10.1. The minimum Gasteiger partial charge on any atom is -0.313 e. The standard InChI is InChI=1S/C14H20ClN/c1-14(2,10-16-13-6-7-13)9-11-4-3-5-12(15)8-11/h3-5,8,13,16H,6-7,9-10H2,1-2H3. The Kier molecular flexibility index (Phi) is 3.56. The minimum absolute atomic E-state index is 0.299. The average Bonchev–Trinajstić information content (AvgIpc) is 2.97. The van der Waals surface area contributed by atoms with Crippen molar-refractivity contribution in [2.45, 2.75) is 39.2 Å². The number of hydrogen-bond donors (Lipinski definition) is 1. The Morgan fingerprint density at radius 3 is 2.75 bits per heavy atom. The monoisotopic (exact) mass is 237 g/mol. The topological polar surface area (TPSA) is 12.0 Å². The zero-order chi connectivity index (χ0) is 11.6. The predicted octanol–water partition coefficient (Wildman–Crippen LogP) is 3.66. The third-order valence-electron chi connectivity index (χ3n) is 3.02. The molecule has 2 rings (SSSR count). The molecule has 1 fully saturated rings. The molecule has 0 atom stereocenters. The molecule has 1 aromatic carbocycles.